The zero-order valence-corrected chi connectivity index (χ0v) is 16.2. The van der Waals surface area contributed by atoms with Crippen LogP contribution < -0.4 is 5.32 Å². The zero-order valence-electron chi connectivity index (χ0n) is 14.7. The molecule has 1 atom stereocenters. The number of benzene rings is 1. The van der Waals surface area contributed by atoms with Crippen molar-refractivity contribution in [3.63, 3.8) is 0 Å². The predicted molar refractivity (Wildman–Crippen MR) is 101 cm³/mol. The van der Waals surface area contributed by atoms with Gasteiger partial charge in [-0.05, 0) is 51.2 Å². The van der Waals surface area contributed by atoms with Crippen molar-refractivity contribution >= 4 is 35.0 Å². The number of carbonyl (C=O) groups excluding carboxylic acids is 2. The summed E-state index contributed by atoms with van der Waals surface area (Å²) in [4.78, 5) is 28.2. The Morgan fingerprint density at radius 1 is 1.36 bits per heavy atom. The maximum Gasteiger partial charge on any atom is 0.225 e. The Balaban J connectivity index is 1.74. The molecule has 138 valence electrons. The third-order valence-electron chi connectivity index (χ3n) is 4.33. The highest BCUT2D eigenvalue weighted by Gasteiger charge is 2.33. The number of hydrogen-bond donors (Lipinski definition) is 1. The second kappa shape index (κ2) is 9.41. The van der Waals surface area contributed by atoms with E-state index in [1.807, 2.05) is 20.2 Å². The van der Waals surface area contributed by atoms with Gasteiger partial charge in [-0.3, -0.25) is 9.59 Å². The summed E-state index contributed by atoms with van der Waals surface area (Å²) in [6.07, 6.45) is 1.85. The van der Waals surface area contributed by atoms with Crippen molar-refractivity contribution in [2.45, 2.75) is 19.3 Å². The number of rotatable bonds is 8. The molecule has 25 heavy (non-hydrogen) atoms. The molecule has 2 amide bonds. The van der Waals surface area contributed by atoms with Crippen LogP contribution in [0.3, 0.4) is 0 Å². The van der Waals surface area contributed by atoms with Crippen LogP contribution in [0.5, 0.6) is 0 Å². The SMILES string of the molecule is CN(C)CCCN1CC(C(=O)NCCc2ccc(Cl)cc2Cl)CC1=O. The lowest BCUT2D eigenvalue weighted by atomic mass is 10.1. The molecule has 0 aliphatic carbocycles. The van der Waals surface area contributed by atoms with Crippen LogP contribution in [-0.4, -0.2) is 61.9 Å². The fourth-order valence-electron chi connectivity index (χ4n) is 2.93. The molecule has 1 saturated heterocycles. The van der Waals surface area contributed by atoms with E-state index in [2.05, 4.69) is 10.2 Å². The van der Waals surface area contributed by atoms with Crippen LogP contribution in [0, 0.1) is 5.92 Å². The molecule has 1 aromatic carbocycles. The van der Waals surface area contributed by atoms with Gasteiger partial charge in [0.1, 0.15) is 0 Å². The Morgan fingerprint density at radius 3 is 2.80 bits per heavy atom. The topological polar surface area (TPSA) is 52.6 Å². The molecule has 1 aliphatic heterocycles. The molecule has 1 unspecified atom stereocenters. The number of carbonyl (C=O) groups is 2. The Morgan fingerprint density at radius 2 is 2.12 bits per heavy atom. The fourth-order valence-corrected chi connectivity index (χ4v) is 3.43. The van der Waals surface area contributed by atoms with Crippen molar-refractivity contribution in [2.24, 2.45) is 5.92 Å². The smallest absolute Gasteiger partial charge is 0.225 e. The van der Waals surface area contributed by atoms with Crippen LogP contribution >= 0.6 is 23.2 Å². The number of halogens is 2. The van der Waals surface area contributed by atoms with Crippen molar-refractivity contribution in [2.75, 3.05) is 40.3 Å². The van der Waals surface area contributed by atoms with Gasteiger partial charge in [0.2, 0.25) is 11.8 Å². The van der Waals surface area contributed by atoms with Crippen molar-refractivity contribution in [1.29, 1.82) is 0 Å². The summed E-state index contributed by atoms with van der Waals surface area (Å²) in [5.41, 5.74) is 0.944. The third-order valence-corrected chi connectivity index (χ3v) is 4.91. The molecule has 1 aromatic rings. The number of nitrogens with zero attached hydrogens (tertiary/aromatic N) is 2. The summed E-state index contributed by atoms with van der Waals surface area (Å²) in [7, 11) is 4.02. The monoisotopic (exact) mass is 385 g/mol. The highest BCUT2D eigenvalue weighted by molar-refractivity contribution is 6.35. The molecule has 0 saturated carbocycles. The number of nitrogens with one attached hydrogen (secondary N) is 1. The minimum absolute atomic E-state index is 0.0615. The van der Waals surface area contributed by atoms with Gasteiger partial charge in [0.15, 0.2) is 0 Å². The second-order valence-corrected chi connectivity index (χ2v) is 7.52. The predicted octanol–water partition coefficient (Wildman–Crippen LogP) is 2.45. The molecule has 7 heteroatoms. The van der Waals surface area contributed by atoms with E-state index in [1.165, 1.54) is 0 Å². The molecule has 1 N–H and O–H groups in total. The van der Waals surface area contributed by atoms with E-state index in [9.17, 15) is 9.59 Å². The first-order chi connectivity index (χ1) is 11.9. The van der Waals surface area contributed by atoms with Gasteiger partial charge in [0.25, 0.3) is 0 Å². The molecular weight excluding hydrogens is 361 g/mol. The van der Waals surface area contributed by atoms with E-state index in [4.69, 9.17) is 23.2 Å². The first kappa shape index (κ1) is 20.0. The summed E-state index contributed by atoms with van der Waals surface area (Å²) in [5.74, 6) is -0.249. The minimum Gasteiger partial charge on any atom is -0.355 e. The van der Waals surface area contributed by atoms with E-state index >= 15 is 0 Å². The summed E-state index contributed by atoms with van der Waals surface area (Å²) in [6.45, 7) is 2.65. The van der Waals surface area contributed by atoms with Crippen LogP contribution in [0.25, 0.3) is 0 Å². The van der Waals surface area contributed by atoms with Gasteiger partial charge in [-0.2, -0.15) is 0 Å². The van der Waals surface area contributed by atoms with E-state index in [0.29, 0.717) is 42.5 Å². The average molecular weight is 386 g/mol. The normalized spacial score (nSPS) is 17.4. The van der Waals surface area contributed by atoms with Crippen LogP contribution in [0.4, 0.5) is 0 Å². The maximum absolute atomic E-state index is 12.3. The molecule has 0 aromatic heterocycles. The molecule has 1 fully saturated rings. The lowest BCUT2D eigenvalue weighted by Crippen LogP contribution is -2.34. The Bertz CT molecular complexity index is 622. The van der Waals surface area contributed by atoms with E-state index in [1.54, 1.807) is 17.0 Å². The molecular formula is C18H25Cl2N3O2. The number of amides is 2. The molecule has 2 rings (SSSR count). The van der Waals surface area contributed by atoms with E-state index < -0.39 is 0 Å². The van der Waals surface area contributed by atoms with Crippen molar-refractivity contribution in [3.05, 3.63) is 33.8 Å². The lowest BCUT2D eigenvalue weighted by molar-refractivity contribution is -0.129. The van der Waals surface area contributed by atoms with Gasteiger partial charge in [0.05, 0.1) is 5.92 Å². The zero-order chi connectivity index (χ0) is 18.4. The standard InChI is InChI=1S/C18H25Cl2N3O2/c1-22(2)8-3-9-23-12-14(10-17(23)24)18(25)21-7-6-13-4-5-15(19)11-16(13)20/h4-5,11,14H,3,6-10,12H2,1-2H3,(H,21,25). The largest absolute Gasteiger partial charge is 0.355 e. The quantitative estimate of drug-likeness (QED) is 0.747. The van der Waals surface area contributed by atoms with Gasteiger partial charge >= 0.3 is 0 Å². The van der Waals surface area contributed by atoms with E-state index in [-0.39, 0.29) is 17.7 Å². The first-order valence-electron chi connectivity index (χ1n) is 8.51. The van der Waals surface area contributed by atoms with Crippen LogP contribution in [0.2, 0.25) is 10.0 Å². The van der Waals surface area contributed by atoms with Gasteiger partial charge in [-0.1, -0.05) is 29.3 Å². The first-order valence-corrected chi connectivity index (χ1v) is 9.26. The van der Waals surface area contributed by atoms with Gasteiger partial charge in [-0.25, -0.2) is 0 Å². The van der Waals surface area contributed by atoms with E-state index in [0.717, 1.165) is 18.5 Å². The Hall–Kier alpha value is -1.30. The minimum atomic E-state index is -0.257. The fraction of sp³-hybridized carbons (Fsp3) is 0.556. The molecule has 0 bridgehead atoms. The molecule has 0 spiro atoms. The second-order valence-electron chi connectivity index (χ2n) is 6.67. The summed E-state index contributed by atoms with van der Waals surface area (Å²) < 4.78 is 0. The average Bonchev–Trinajstić information content (AvgIpc) is 2.90. The van der Waals surface area contributed by atoms with Gasteiger partial charge in [-0.15, -0.1) is 0 Å². The number of hydrogen-bond acceptors (Lipinski definition) is 3. The molecule has 5 nitrogen and oxygen atoms in total. The van der Waals surface area contributed by atoms with Crippen LogP contribution in [0.1, 0.15) is 18.4 Å². The summed E-state index contributed by atoms with van der Waals surface area (Å²) in [5, 5.41) is 4.11. The molecule has 0 radical (unpaired) electrons. The van der Waals surface area contributed by atoms with Crippen molar-refractivity contribution in [1.82, 2.24) is 15.1 Å². The number of likely N-dealkylation sites (tertiary alicyclic amines) is 1. The van der Waals surface area contributed by atoms with Crippen molar-refractivity contribution < 1.29 is 9.59 Å². The molecule has 1 aliphatic rings. The Kier molecular flexibility index (Phi) is 7.54. The lowest BCUT2D eigenvalue weighted by Gasteiger charge is -2.18. The van der Waals surface area contributed by atoms with Crippen molar-refractivity contribution in [3.8, 4) is 0 Å². The highest BCUT2D eigenvalue weighted by atomic mass is 35.5. The van der Waals surface area contributed by atoms with Crippen LogP contribution in [-0.2, 0) is 16.0 Å². The molecule has 1 heterocycles. The van der Waals surface area contributed by atoms with Crippen LogP contribution in [0.15, 0.2) is 18.2 Å². The Labute approximate surface area is 159 Å². The summed E-state index contributed by atoms with van der Waals surface area (Å²) >= 11 is 12.0. The third kappa shape index (κ3) is 6.17. The van der Waals surface area contributed by atoms with Gasteiger partial charge < -0.3 is 15.1 Å². The highest BCUT2D eigenvalue weighted by Crippen LogP contribution is 2.21. The maximum atomic E-state index is 12.3. The summed E-state index contributed by atoms with van der Waals surface area (Å²) in [6, 6.07) is 5.34. The van der Waals surface area contributed by atoms with Gasteiger partial charge in [0, 0.05) is 36.1 Å².